The van der Waals surface area contributed by atoms with Crippen LogP contribution in [0, 0.1) is 0 Å². The van der Waals surface area contributed by atoms with Crippen LogP contribution in [0.4, 0.5) is 5.69 Å². The Kier molecular flexibility index (Phi) is 4.67. The zero-order chi connectivity index (χ0) is 16.1. The molecule has 0 aliphatic heterocycles. The number of anilines is 1. The number of nitrogens with zero attached hydrogens (tertiary/aromatic N) is 1. The van der Waals surface area contributed by atoms with Crippen molar-refractivity contribution in [1.82, 2.24) is 9.97 Å². The fourth-order valence-electron chi connectivity index (χ4n) is 1.81. The molecular formula is C15H15N3O4. The van der Waals surface area contributed by atoms with E-state index in [9.17, 15) is 14.4 Å². The number of carbonyl (C=O) groups is 2. The van der Waals surface area contributed by atoms with E-state index in [4.69, 9.17) is 4.74 Å². The molecule has 0 radical (unpaired) electrons. The van der Waals surface area contributed by atoms with Crippen molar-refractivity contribution in [3.63, 3.8) is 0 Å². The Morgan fingerprint density at radius 2 is 2.14 bits per heavy atom. The fraction of sp³-hybridized carbons (Fsp3) is 0.200. The van der Waals surface area contributed by atoms with Gasteiger partial charge in [-0.2, -0.15) is 0 Å². The highest BCUT2D eigenvalue weighted by molar-refractivity contribution is 5.95. The lowest BCUT2D eigenvalue weighted by molar-refractivity contribution is -0.150. The smallest absolute Gasteiger partial charge is 0.303 e. The van der Waals surface area contributed by atoms with Gasteiger partial charge in [0.25, 0.3) is 11.5 Å². The zero-order valence-electron chi connectivity index (χ0n) is 12.1. The van der Waals surface area contributed by atoms with Crippen LogP contribution in [-0.4, -0.2) is 27.9 Å². The molecule has 22 heavy (non-hydrogen) atoms. The molecule has 0 spiro atoms. The number of carbonyl (C=O) groups excluding carboxylic acids is 2. The van der Waals surface area contributed by atoms with Gasteiger partial charge in [0.15, 0.2) is 6.10 Å². The number of rotatable bonds is 4. The number of aromatic nitrogens is 2. The van der Waals surface area contributed by atoms with Crippen molar-refractivity contribution >= 4 is 17.6 Å². The summed E-state index contributed by atoms with van der Waals surface area (Å²) in [6, 6.07) is 5.13. The number of nitrogens with one attached hydrogen (secondary N) is 2. The van der Waals surface area contributed by atoms with Gasteiger partial charge in [0, 0.05) is 36.6 Å². The third-order valence-corrected chi connectivity index (χ3v) is 2.87. The largest absolute Gasteiger partial charge is 0.453 e. The number of esters is 1. The van der Waals surface area contributed by atoms with Gasteiger partial charge in [-0.05, 0) is 19.1 Å². The van der Waals surface area contributed by atoms with Gasteiger partial charge in [0.2, 0.25) is 0 Å². The van der Waals surface area contributed by atoms with Crippen LogP contribution in [-0.2, 0) is 14.3 Å². The molecule has 2 rings (SSSR count). The van der Waals surface area contributed by atoms with Crippen molar-refractivity contribution in [2.75, 3.05) is 5.32 Å². The summed E-state index contributed by atoms with van der Waals surface area (Å²) in [7, 11) is 0. The molecule has 2 N–H and O–H groups in total. The van der Waals surface area contributed by atoms with Gasteiger partial charge in [-0.3, -0.25) is 19.4 Å². The van der Waals surface area contributed by atoms with Crippen LogP contribution in [0.3, 0.4) is 0 Å². The first-order valence-electron chi connectivity index (χ1n) is 6.58. The second-order valence-electron chi connectivity index (χ2n) is 4.61. The maximum atomic E-state index is 11.9. The Morgan fingerprint density at radius 1 is 1.36 bits per heavy atom. The highest BCUT2D eigenvalue weighted by atomic mass is 16.5. The molecule has 114 valence electrons. The quantitative estimate of drug-likeness (QED) is 0.830. The van der Waals surface area contributed by atoms with E-state index in [1.165, 1.54) is 26.1 Å². The van der Waals surface area contributed by atoms with E-state index < -0.39 is 23.5 Å². The van der Waals surface area contributed by atoms with Crippen LogP contribution >= 0.6 is 0 Å². The van der Waals surface area contributed by atoms with Gasteiger partial charge < -0.3 is 15.0 Å². The minimum absolute atomic E-state index is 0.0744. The minimum atomic E-state index is -0.987. The number of pyridine rings is 2. The van der Waals surface area contributed by atoms with Gasteiger partial charge in [0.1, 0.15) is 5.69 Å². The van der Waals surface area contributed by atoms with Gasteiger partial charge in [-0.15, -0.1) is 0 Å². The maximum Gasteiger partial charge on any atom is 0.303 e. The predicted molar refractivity (Wildman–Crippen MR) is 80.2 cm³/mol. The molecular weight excluding hydrogens is 286 g/mol. The number of ether oxygens (including phenoxy) is 1. The monoisotopic (exact) mass is 301 g/mol. The number of amides is 1. The molecule has 1 atom stereocenters. The van der Waals surface area contributed by atoms with E-state index in [1.54, 1.807) is 18.5 Å². The predicted octanol–water partition coefficient (Wildman–Crippen LogP) is 1.33. The van der Waals surface area contributed by atoms with E-state index in [-0.39, 0.29) is 5.69 Å². The Labute approximate surface area is 126 Å². The van der Waals surface area contributed by atoms with E-state index in [2.05, 4.69) is 15.3 Å². The molecule has 2 heterocycles. The first-order chi connectivity index (χ1) is 10.5. The van der Waals surface area contributed by atoms with Crippen LogP contribution in [0.2, 0.25) is 0 Å². The molecule has 0 fully saturated rings. The van der Waals surface area contributed by atoms with Crippen LogP contribution in [0.1, 0.15) is 13.8 Å². The molecule has 7 heteroatoms. The Morgan fingerprint density at radius 3 is 2.77 bits per heavy atom. The van der Waals surface area contributed by atoms with Crippen LogP contribution in [0.5, 0.6) is 0 Å². The summed E-state index contributed by atoms with van der Waals surface area (Å²) in [5.41, 5.74) is 1.12. The fourth-order valence-corrected chi connectivity index (χ4v) is 1.81. The summed E-state index contributed by atoms with van der Waals surface area (Å²) in [5.74, 6) is -1.15. The summed E-state index contributed by atoms with van der Waals surface area (Å²) < 4.78 is 4.77. The highest BCUT2D eigenvalue weighted by Crippen LogP contribution is 2.18. The SMILES string of the molecule is CC(=O)OC(C)C(=O)Nc1cc(-c2cccnc2)c[nH]c1=O. The first kappa shape index (κ1) is 15.4. The highest BCUT2D eigenvalue weighted by Gasteiger charge is 2.17. The van der Waals surface area contributed by atoms with E-state index in [0.717, 1.165) is 5.56 Å². The Bertz CT molecular complexity index is 740. The maximum absolute atomic E-state index is 11.9. The molecule has 2 aromatic heterocycles. The Hall–Kier alpha value is -2.96. The average molecular weight is 301 g/mol. The van der Waals surface area contributed by atoms with Crippen molar-refractivity contribution in [3.05, 3.63) is 47.1 Å². The van der Waals surface area contributed by atoms with Crippen LogP contribution < -0.4 is 10.9 Å². The van der Waals surface area contributed by atoms with E-state index >= 15 is 0 Å². The molecule has 0 bridgehead atoms. The lowest BCUT2D eigenvalue weighted by Gasteiger charge is -2.12. The van der Waals surface area contributed by atoms with Gasteiger partial charge in [-0.25, -0.2) is 0 Å². The zero-order valence-corrected chi connectivity index (χ0v) is 12.1. The van der Waals surface area contributed by atoms with E-state index in [1.807, 2.05) is 6.07 Å². The topological polar surface area (TPSA) is 101 Å². The van der Waals surface area contributed by atoms with Crippen molar-refractivity contribution in [3.8, 4) is 11.1 Å². The van der Waals surface area contributed by atoms with Gasteiger partial charge in [-0.1, -0.05) is 6.07 Å². The number of hydrogen-bond donors (Lipinski definition) is 2. The number of hydrogen-bond acceptors (Lipinski definition) is 5. The first-order valence-corrected chi connectivity index (χ1v) is 6.58. The normalized spacial score (nSPS) is 11.5. The molecule has 0 saturated heterocycles. The number of H-pyrrole nitrogens is 1. The van der Waals surface area contributed by atoms with Crippen molar-refractivity contribution in [1.29, 1.82) is 0 Å². The molecule has 0 aromatic carbocycles. The summed E-state index contributed by atoms with van der Waals surface area (Å²) in [4.78, 5) is 41.1. The van der Waals surface area contributed by atoms with E-state index in [0.29, 0.717) is 5.56 Å². The third kappa shape index (κ3) is 3.78. The van der Waals surface area contributed by atoms with Crippen molar-refractivity contribution in [2.24, 2.45) is 0 Å². The lowest BCUT2D eigenvalue weighted by Crippen LogP contribution is -2.31. The molecule has 0 aliphatic rings. The lowest BCUT2D eigenvalue weighted by atomic mass is 10.1. The van der Waals surface area contributed by atoms with Crippen molar-refractivity contribution in [2.45, 2.75) is 20.0 Å². The molecule has 1 amide bonds. The second kappa shape index (κ2) is 6.66. The standard InChI is InChI=1S/C15H15N3O4/c1-9(22-10(2)19)14(20)18-13-6-12(8-17-15(13)21)11-4-3-5-16-7-11/h3-9H,1-2H3,(H,17,21)(H,18,20). The molecule has 2 aromatic rings. The third-order valence-electron chi connectivity index (χ3n) is 2.87. The summed E-state index contributed by atoms with van der Waals surface area (Å²) in [6.45, 7) is 2.63. The number of aromatic amines is 1. The second-order valence-corrected chi connectivity index (χ2v) is 4.61. The summed E-state index contributed by atoms with van der Waals surface area (Å²) in [6.07, 6.45) is 3.82. The summed E-state index contributed by atoms with van der Waals surface area (Å²) in [5, 5.41) is 2.45. The average Bonchev–Trinajstić information content (AvgIpc) is 2.49. The molecule has 1 unspecified atom stereocenters. The molecule has 0 aliphatic carbocycles. The van der Waals surface area contributed by atoms with Gasteiger partial charge in [0.05, 0.1) is 0 Å². The summed E-state index contributed by atoms with van der Waals surface area (Å²) >= 11 is 0. The molecule has 7 nitrogen and oxygen atoms in total. The van der Waals surface area contributed by atoms with Gasteiger partial charge >= 0.3 is 5.97 Å². The van der Waals surface area contributed by atoms with Crippen LogP contribution in [0.25, 0.3) is 11.1 Å². The minimum Gasteiger partial charge on any atom is -0.453 e. The van der Waals surface area contributed by atoms with Crippen LogP contribution in [0.15, 0.2) is 41.6 Å². The molecule has 0 saturated carbocycles. The Balaban J connectivity index is 2.23. The van der Waals surface area contributed by atoms with Crippen molar-refractivity contribution < 1.29 is 14.3 Å².